The smallest absolute Gasteiger partial charge is 0.236 e. The zero-order chi connectivity index (χ0) is 22.4. The molecule has 7 nitrogen and oxygen atoms in total. The largest absolute Gasteiger partial charge is 0.339 e. The zero-order valence-corrected chi connectivity index (χ0v) is 20.7. The van der Waals surface area contributed by atoms with Crippen molar-refractivity contribution in [2.24, 2.45) is 0 Å². The van der Waals surface area contributed by atoms with Crippen molar-refractivity contribution in [1.29, 1.82) is 0 Å². The summed E-state index contributed by atoms with van der Waals surface area (Å²) in [6.45, 7) is 8.52. The van der Waals surface area contributed by atoms with Crippen LogP contribution in [-0.4, -0.2) is 101 Å². The monoisotopic (exact) mass is 468 g/mol. The minimum absolute atomic E-state index is 0.303. The summed E-state index contributed by atoms with van der Waals surface area (Å²) in [6, 6.07) is 0.791. The molecule has 33 heavy (non-hydrogen) atoms. The van der Waals surface area contributed by atoms with Crippen LogP contribution in [0.4, 0.5) is 0 Å². The maximum Gasteiger partial charge on any atom is 0.236 e. The quantitative estimate of drug-likeness (QED) is 0.688. The fourth-order valence-electron chi connectivity index (χ4n) is 5.92. The van der Waals surface area contributed by atoms with Gasteiger partial charge in [-0.05, 0) is 57.8 Å². The highest BCUT2D eigenvalue weighted by molar-refractivity contribution is 7.18. The molecule has 0 atom stereocenters. The van der Waals surface area contributed by atoms with E-state index in [0.717, 1.165) is 88.3 Å². The van der Waals surface area contributed by atoms with Crippen LogP contribution in [0, 0.1) is 0 Å². The number of hydrogen-bond acceptors (Lipinski definition) is 7. The van der Waals surface area contributed by atoms with Crippen molar-refractivity contribution in [1.82, 2.24) is 29.6 Å². The molecule has 8 heteroatoms. The van der Waals surface area contributed by atoms with Gasteiger partial charge in [0.05, 0.1) is 6.54 Å². The first kappa shape index (κ1) is 21.9. The maximum absolute atomic E-state index is 13.0. The van der Waals surface area contributed by atoms with E-state index in [1.165, 1.54) is 35.1 Å². The summed E-state index contributed by atoms with van der Waals surface area (Å²) in [5, 5.41) is 1.24. The molecular weight excluding hydrogens is 432 g/mol. The molecule has 3 aliphatic heterocycles. The Bertz CT molecular complexity index is 1000. The minimum atomic E-state index is 0.303. The lowest BCUT2D eigenvalue weighted by atomic mass is 9.91. The van der Waals surface area contributed by atoms with E-state index in [4.69, 9.17) is 9.97 Å². The number of piperazine rings is 1. The number of carbonyl (C=O) groups is 1. The van der Waals surface area contributed by atoms with Crippen LogP contribution in [-0.2, 0) is 17.8 Å². The molecule has 2 aromatic rings. The van der Waals surface area contributed by atoms with Gasteiger partial charge in [0, 0.05) is 67.7 Å². The summed E-state index contributed by atoms with van der Waals surface area (Å²) in [6.07, 6.45) is 9.45. The molecule has 0 N–H and O–H groups in total. The number of piperidine rings is 1. The van der Waals surface area contributed by atoms with Gasteiger partial charge in [0.2, 0.25) is 5.91 Å². The third kappa shape index (κ3) is 4.43. The Hall–Kier alpha value is -1.61. The molecule has 3 fully saturated rings. The minimum Gasteiger partial charge on any atom is -0.339 e. The van der Waals surface area contributed by atoms with Crippen LogP contribution in [0.2, 0.25) is 0 Å². The van der Waals surface area contributed by atoms with Gasteiger partial charge in [-0.15, -0.1) is 11.3 Å². The highest BCUT2D eigenvalue weighted by atomic mass is 32.1. The number of fused-ring (bicyclic) bond motifs is 3. The van der Waals surface area contributed by atoms with E-state index in [9.17, 15) is 4.79 Å². The predicted octanol–water partition coefficient (Wildman–Crippen LogP) is 2.56. The molecule has 0 unspecified atom stereocenters. The van der Waals surface area contributed by atoms with E-state index in [1.807, 2.05) is 11.3 Å². The molecule has 1 amide bonds. The van der Waals surface area contributed by atoms with Gasteiger partial charge in [0.1, 0.15) is 10.7 Å². The van der Waals surface area contributed by atoms with Crippen molar-refractivity contribution in [2.75, 3.05) is 59.4 Å². The van der Waals surface area contributed by atoms with Gasteiger partial charge in [0.15, 0.2) is 0 Å². The molecule has 0 spiro atoms. The third-order valence-corrected chi connectivity index (χ3v) is 9.53. The molecule has 1 aliphatic carbocycles. The Kier molecular flexibility index (Phi) is 6.11. The molecule has 0 bridgehead atoms. The van der Waals surface area contributed by atoms with Crippen LogP contribution in [0.3, 0.4) is 0 Å². The number of likely N-dealkylation sites (tertiary alicyclic amines) is 1. The van der Waals surface area contributed by atoms with E-state index in [1.54, 1.807) is 0 Å². The average Bonchev–Trinajstić information content (AvgIpc) is 3.16. The second kappa shape index (κ2) is 9.21. The summed E-state index contributed by atoms with van der Waals surface area (Å²) in [5.41, 5.74) is 1.42. The molecule has 0 aromatic carbocycles. The van der Waals surface area contributed by atoms with Gasteiger partial charge in [-0.2, -0.15) is 0 Å². The number of nitrogens with zero attached hydrogens (tertiary/aromatic N) is 6. The highest BCUT2D eigenvalue weighted by Crippen LogP contribution is 2.35. The third-order valence-electron chi connectivity index (χ3n) is 8.40. The molecule has 5 heterocycles. The van der Waals surface area contributed by atoms with Gasteiger partial charge in [-0.25, -0.2) is 9.97 Å². The van der Waals surface area contributed by atoms with Crippen LogP contribution >= 0.6 is 11.3 Å². The summed E-state index contributed by atoms with van der Waals surface area (Å²) in [4.78, 5) is 34.7. The molecule has 2 aromatic heterocycles. The number of thiophene rings is 1. The molecular formula is C25H36N6OS. The highest BCUT2D eigenvalue weighted by Gasteiger charge is 2.31. The zero-order valence-electron chi connectivity index (χ0n) is 19.8. The van der Waals surface area contributed by atoms with Crippen LogP contribution in [0.25, 0.3) is 10.2 Å². The number of aromatic nitrogens is 2. The molecule has 2 saturated heterocycles. The van der Waals surface area contributed by atoms with Crippen molar-refractivity contribution in [3.05, 3.63) is 22.5 Å². The summed E-state index contributed by atoms with van der Waals surface area (Å²) >= 11 is 1.82. The molecule has 4 aliphatic rings. The SMILES string of the molecule is CN1CCC(c2ncc3c4c(sc3n2)CN(CC(=O)N2CCN(C3CCC3)CC2)CC4)CC1. The van der Waals surface area contributed by atoms with E-state index in [-0.39, 0.29) is 0 Å². The fraction of sp³-hybridized carbons (Fsp3) is 0.720. The van der Waals surface area contributed by atoms with Crippen LogP contribution in [0.1, 0.15) is 54.3 Å². The normalized spacial score (nSPS) is 24.2. The first-order chi connectivity index (χ1) is 16.1. The molecule has 0 radical (unpaired) electrons. The van der Waals surface area contributed by atoms with Gasteiger partial charge in [0.25, 0.3) is 0 Å². The summed E-state index contributed by atoms with van der Waals surface area (Å²) in [7, 11) is 2.19. The maximum atomic E-state index is 13.0. The second-order valence-electron chi connectivity index (χ2n) is 10.5. The van der Waals surface area contributed by atoms with Crippen LogP contribution in [0.15, 0.2) is 6.20 Å². The predicted molar refractivity (Wildman–Crippen MR) is 132 cm³/mol. The Balaban J connectivity index is 1.08. The number of hydrogen-bond donors (Lipinski definition) is 0. The van der Waals surface area contributed by atoms with Crippen molar-refractivity contribution in [2.45, 2.75) is 57.0 Å². The Morgan fingerprint density at radius 1 is 1.06 bits per heavy atom. The summed E-state index contributed by atoms with van der Waals surface area (Å²) in [5.74, 6) is 1.82. The van der Waals surface area contributed by atoms with E-state index >= 15 is 0 Å². The lowest BCUT2D eigenvalue weighted by Crippen LogP contribution is -2.55. The van der Waals surface area contributed by atoms with Gasteiger partial charge >= 0.3 is 0 Å². The van der Waals surface area contributed by atoms with Crippen molar-refractivity contribution < 1.29 is 4.79 Å². The van der Waals surface area contributed by atoms with Crippen LogP contribution < -0.4 is 0 Å². The first-order valence-electron chi connectivity index (χ1n) is 12.8. The first-order valence-corrected chi connectivity index (χ1v) is 13.7. The molecule has 1 saturated carbocycles. The van der Waals surface area contributed by atoms with Crippen molar-refractivity contribution in [3.63, 3.8) is 0 Å². The number of amides is 1. The topological polar surface area (TPSA) is 55.8 Å². The van der Waals surface area contributed by atoms with E-state index in [2.05, 4.69) is 32.8 Å². The average molecular weight is 469 g/mol. The Labute approximate surface area is 200 Å². The second-order valence-corrected chi connectivity index (χ2v) is 11.6. The fourth-order valence-corrected chi connectivity index (χ4v) is 7.17. The van der Waals surface area contributed by atoms with E-state index < -0.39 is 0 Å². The van der Waals surface area contributed by atoms with Gasteiger partial charge in [-0.3, -0.25) is 14.6 Å². The number of carbonyl (C=O) groups excluding carboxylic acids is 1. The van der Waals surface area contributed by atoms with E-state index in [0.29, 0.717) is 18.4 Å². The Morgan fingerprint density at radius 3 is 2.58 bits per heavy atom. The standard InChI is InChI=1S/C25H36N6OS/c1-28-8-5-18(6-9-28)24-26-15-21-20-7-10-29(16-22(20)33-25(21)27-24)17-23(32)31-13-11-30(12-14-31)19-3-2-4-19/h15,18-19H,2-14,16-17H2,1H3. The summed E-state index contributed by atoms with van der Waals surface area (Å²) < 4.78 is 0. The molecule has 6 rings (SSSR count). The molecule has 178 valence electrons. The van der Waals surface area contributed by atoms with Gasteiger partial charge in [-0.1, -0.05) is 6.42 Å². The number of rotatable bonds is 4. The van der Waals surface area contributed by atoms with Crippen molar-refractivity contribution in [3.8, 4) is 0 Å². The lowest BCUT2D eigenvalue weighted by molar-refractivity contribution is -0.135. The van der Waals surface area contributed by atoms with Crippen molar-refractivity contribution >= 4 is 27.5 Å². The Morgan fingerprint density at radius 2 is 1.85 bits per heavy atom. The lowest BCUT2D eigenvalue weighted by Gasteiger charge is -2.43. The van der Waals surface area contributed by atoms with Crippen LogP contribution in [0.5, 0.6) is 0 Å². The van der Waals surface area contributed by atoms with Gasteiger partial charge < -0.3 is 9.80 Å².